The zero-order valence-corrected chi connectivity index (χ0v) is 22.6. The van der Waals surface area contributed by atoms with Gasteiger partial charge in [0.2, 0.25) is 0 Å². The quantitative estimate of drug-likeness (QED) is 0.234. The van der Waals surface area contributed by atoms with E-state index < -0.39 is 0 Å². The Balaban J connectivity index is 1.33. The summed E-state index contributed by atoms with van der Waals surface area (Å²) in [6.07, 6.45) is 0. The molecule has 0 saturated carbocycles. The van der Waals surface area contributed by atoms with Crippen LogP contribution < -0.4 is 5.32 Å². The monoisotopic (exact) mass is 536 g/mol. The summed E-state index contributed by atoms with van der Waals surface area (Å²) >= 11 is 0. The molecule has 1 atom stereocenters. The predicted octanol–water partition coefficient (Wildman–Crippen LogP) is 9.62. The Morgan fingerprint density at radius 3 is 2.10 bits per heavy atom. The van der Waals surface area contributed by atoms with Gasteiger partial charge in [0.1, 0.15) is 11.9 Å². The van der Waals surface area contributed by atoms with E-state index in [0.717, 1.165) is 22.9 Å². The van der Waals surface area contributed by atoms with Crippen LogP contribution in [0.3, 0.4) is 0 Å². The summed E-state index contributed by atoms with van der Waals surface area (Å²) < 4.78 is 4.82. The zero-order chi connectivity index (χ0) is 27.4. The molecule has 0 amide bonds. The van der Waals surface area contributed by atoms with E-state index in [9.17, 15) is 0 Å². The molecule has 0 bridgehead atoms. The van der Waals surface area contributed by atoms with Crippen LogP contribution in [-0.2, 0) is 0 Å². The number of hydrogen-bond donors (Lipinski definition) is 1. The highest BCUT2D eigenvalue weighted by atomic mass is 15.2. The third kappa shape index (κ3) is 2.83. The number of aliphatic imine (C=N–C) groups is 1. The van der Waals surface area contributed by atoms with Gasteiger partial charge in [-0.05, 0) is 53.6 Å². The summed E-state index contributed by atoms with van der Waals surface area (Å²) in [7, 11) is 0. The van der Waals surface area contributed by atoms with Crippen molar-refractivity contribution in [3.05, 3.63) is 139 Å². The smallest absolute Gasteiger partial charge is 0.141 e. The van der Waals surface area contributed by atoms with E-state index >= 15 is 0 Å². The molecule has 6 aromatic carbocycles. The van der Waals surface area contributed by atoms with Gasteiger partial charge in [-0.3, -0.25) is 4.57 Å². The van der Waals surface area contributed by atoms with Crippen LogP contribution in [0.4, 0.5) is 11.4 Å². The number of aromatic nitrogens is 2. The Morgan fingerprint density at radius 1 is 0.524 bits per heavy atom. The van der Waals surface area contributed by atoms with E-state index in [1.54, 1.807) is 0 Å². The second kappa shape index (κ2) is 7.99. The standard InChI is InChI=1S/C38H24N4/c1-3-10-23(11-4-1)24-18-19-26-29-21-35-30(22-34(29)41(33(26)20-24)25-12-5-2-6-13-25)27-14-9-15-28-36-38(42(35)37(27)28)40-32-17-8-7-16-31(32)39-36/h1-22,36,39H. The van der Waals surface area contributed by atoms with Crippen molar-refractivity contribution in [3.8, 4) is 16.8 Å². The molecule has 0 aliphatic carbocycles. The lowest BCUT2D eigenvalue weighted by atomic mass is 10.0. The molecule has 0 saturated heterocycles. The van der Waals surface area contributed by atoms with Crippen LogP contribution in [-0.4, -0.2) is 15.0 Å². The van der Waals surface area contributed by atoms with Crippen molar-refractivity contribution in [1.82, 2.24) is 9.13 Å². The summed E-state index contributed by atoms with van der Waals surface area (Å²) in [6, 6.07) is 48.1. The Hall–Kier alpha value is -5.61. The fourth-order valence-corrected chi connectivity index (χ4v) is 7.23. The van der Waals surface area contributed by atoms with Gasteiger partial charge >= 0.3 is 0 Å². The molecule has 2 aromatic heterocycles. The fourth-order valence-electron chi connectivity index (χ4n) is 7.23. The van der Waals surface area contributed by atoms with E-state index in [2.05, 4.69) is 148 Å². The van der Waals surface area contributed by atoms with Gasteiger partial charge in [0, 0.05) is 32.8 Å². The van der Waals surface area contributed by atoms with Gasteiger partial charge < -0.3 is 9.88 Å². The minimum Gasteiger partial charge on any atom is -0.370 e. The van der Waals surface area contributed by atoms with E-state index in [0.29, 0.717) is 0 Å². The molecule has 42 heavy (non-hydrogen) atoms. The largest absolute Gasteiger partial charge is 0.370 e. The maximum atomic E-state index is 5.22. The topological polar surface area (TPSA) is 34.2 Å². The molecular weight excluding hydrogens is 512 g/mol. The van der Waals surface area contributed by atoms with Gasteiger partial charge in [-0.2, -0.15) is 0 Å². The van der Waals surface area contributed by atoms with Gasteiger partial charge in [0.25, 0.3) is 0 Å². The van der Waals surface area contributed by atoms with Crippen LogP contribution in [0.1, 0.15) is 11.6 Å². The SMILES string of the molecule is c1ccc(-c2ccc3c4cc5c(cc4n(-c4ccccc4)c3c2)c2cccc3c2n5C2=Nc4ccccc4NC23)cc1. The molecule has 1 unspecified atom stereocenters. The minimum absolute atomic E-state index is 0.0396. The normalized spacial score (nSPS) is 15.2. The van der Waals surface area contributed by atoms with Crippen LogP contribution in [0.25, 0.3) is 60.4 Å². The lowest BCUT2D eigenvalue weighted by molar-refractivity contribution is 1.02. The van der Waals surface area contributed by atoms with Crippen LogP contribution >= 0.6 is 0 Å². The lowest BCUT2D eigenvalue weighted by Gasteiger charge is -2.23. The van der Waals surface area contributed by atoms with E-state index in [4.69, 9.17) is 4.99 Å². The van der Waals surface area contributed by atoms with Crippen LogP contribution in [0, 0.1) is 0 Å². The first-order valence-corrected chi connectivity index (χ1v) is 14.4. The van der Waals surface area contributed by atoms with Gasteiger partial charge in [-0.25, -0.2) is 4.99 Å². The number of hydrogen-bond acceptors (Lipinski definition) is 2. The molecule has 196 valence electrons. The van der Waals surface area contributed by atoms with Crippen molar-refractivity contribution in [2.24, 2.45) is 4.99 Å². The Labute approximate surface area is 241 Å². The van der Waals surface area contributed by atoms with Crippen molar-refractivity contribution >= 4 is 60.8 Å². The molecule has 2 aliphatic rings. The number of nitrogens with one attached hydrogen (secondary N) is 1. The number of para-hydroxylation sites is 4. The maximum Gasteiger partial charge on any atom is 0.141 e. The predicted molar refractivity (Wildman–Crippen MR) is 175 cm³/mol. The summed E-state index contributed by atoms with van der Waals surface area (Å²) in [4.78, 5) is 5.22. The second-order valence-electron chi connectivity index (χ2n) is 11.3. The van der Waals surface area contributed by atoms with E-state index in [1.807, 2.05) is 0 Å². The second-order valence-corrected chi connectivity index (χ2v) is 11.3. The molecule has 0 spiro atoms. The summed E-state index contributed by atoms with van der Waals surface area (Å²) in [6.45, 7) is 0. The number of rotatable bonds is 2. The van der Waals surface area contributed by atoms with Crippen LogP contribution in [0.2, 0.25) is 0 Å². The van der Waals surface area contributed by atoms with Crippen molar-refractivity contribution in [1.29, 1.82) is 0 Å². The Kier molecular flexibility index (Phi) is 4.21. The Morgan fingerprint density at radius 2 is 1.24 bits per heavy atom. The van der Waals surface area contributed by atoms with Gasteiger partial charge in [-0.1, -0.05) is 91.0 Å². The molecule has 2 aliphatic heterocycles. The third-order valence-electron chi connectivity index (χ3n) is 9.06. The first-order valence-electron chi connectivity index (χ1n) is 14.4. The number of anilines is 1. The third-order valence-corrected chi connectivity index (χ3v) is 9.06. The van der Waals surface area contributed by atoms with Crippen LogP contribution in [0.15, 0.2) is 138 Å². The molecule has 8 aromatic rings. The highest BCUT2D eigenvalue weighted by molar-refractivity contribution is 6.25. The number of fused-ring (bicyclic) bond motifs is 10. The maximum absolute atomic E-state index is 5.22. The highest BCUT2D eigenvalue weighted by Crippen LogP contribution is 2.47. The molecular formula is C38H24N4. The van der Waals surface area contributed by atoms with Gasteiger partial charge in [0.15, 0.2) is 0 Å². The van der Waals surface area contributed by atoms with Crippen molar-refractivity contribution in [3.63, 3.8) is 0 Å². The van der Waals surface area contributed by atoms with E-state index in [1.165, 1.54) is 60.3 Å². The molecule has 4 nitrogen and oxygen atoms in total. The van der Waals surface area contributed by atoms with Gasteiger partial charge in [0.05, 0.1) is 33.4 Å². The number of benzene rings is 6. The summed E-state index contributed by atoms with van der Waals surface area (Å²) in [5, 5.41) is 8.79. The first kappa shape index (κ1) is 22.1. The van der Waals surface area contributed by atoms with E-state index in [-0.39, 0.29) is 6.04 Å². The first-order chi connectivity index (χ1) is 20.8. The van der Waals surface area contributed by atoms with Crippen molar-refractivity contribution < 1.29 is 0 Å². The van der Waals surface area contributed by atoms with Crippen LogP contribution in [0.5, 0.6) is 0 Å². The molecule has 10 rings (SSSR count). The summed E-state index contributed by atoms with van der Waals surface area (Å²) in [5.41, 5.74) is 11.8. The fraction of sp³-hybridized carbons (Fsp3) is 0.0263. The summed E-state index contributed by atoms with van der Waals surface area (Å²) in [5.74, 6) is 1.05. The molecule has 4 heteroatoms. The Bertz CT molecular complexity index is 2430. The highest BCUT2D eigenvalue weighted by Gasteiger charge is 2.36. The van der Waals surface area contributed by atoms with Gasteiger partial charge in [-0.15, -0.1) is 0 Å². The lowest BCUT2D eigenvalue weighted by Crippen LogP contribution is -2.24. The zero-order valence-electron chi connectivity index (χ0n) is 22.6. The van der Waals surface area contributed by atoms with Crippen molar-refractivity contribution in [2.45, 2.75) is 6.04 Å². The molecule has 0 radical (unpaired) electrons. The average molecular weight is 537 g/mol. The molecule has 1 N–H and O–H groups in total. The number of nitrogens with zero attached hydrogens (tertiary/aromatic N) is 3. The molecule has 0 fully saturated rings. The minimum atomic E-state index is 0.0396. The molecule has 4 heterocycles. The van der Waals surface area contributed by atoms with Crippen molar-refractivity contribution in [2.75, 3.05) is 5.32 Å². The average Bonchev–Trinajstić information content (AvgIpc) is 3.67.